The average molecular weight is 278 g/mol. The summed E-state index contributed by atoms with van der Waals surface area (Å²) in [4.78, 5) is 19.9. The Bertz CT molecular complexity index is 735. The molecule has 2 heterocycles. The number of anilines is 1. The van der Waals surface area contributed by atoms with Crippen LogP contribution in [0.1, 0.15) is 16.8 Å². The molecule has 3 rings (SSSR count). The summed E-state index contributed by atoms with van der Waals surface area (Å²) in [7, 11) is 1.78. The zero-order valence-electron chi connectivity index (χ0n) is 11.7. The van der Waals surface area contributed by atoms with Crippen LogP contribution in [-0.4, -0.2) is 23.0 Å². The lowest BCUT2D eigenvalue weighted by Crippen LogP contribution is -2.44. The number of carbonyl (C=O) groups excluding carboxylic acids is 1. The van der Waals surface area contributed by atoms with E-state index in [4.69, 9.17) is 5.26 Å². The van der Waals surface area contributed by atoms with Gasteiger partial charge in [-0.15, -0.1) is 0 Å². The van der Waals surface area contributed by atoms with E-state index in [2.05, 4.69) is 11.1 Å². The Morgan fingerprint density at radius 3 is 2.90 bits per heavy atom. The van der Waals surface area contributed by atoms with Crippen LogP contribution in [0.4, 0.5) is 10.5 Å². The molecule has 104 valence electrons. The van der Waals surface area contributed by atoms with E-state index in [-0.39, 0.29) is 6.03 Å². The third-order valence-corrected chi connectivity index (χ3v) is 3.57. The van der Waals surface area contributed by atoms with Crippen LogP contribution in [-0.2, 0) is 13.1 Å². The highest BCUT2D eigenvalue weighted by atomic mass is 16.2. The molecule has 0 aliphatic carbocycles. The molecule has 5 heteroatoms. The fourth-order valence-electron chi connectivity index (χ4n) is 2.53. The molecule has 0 fully saturated rings. The quantitative estimate of drug-likeness (QED) is 0.848. The minimum absolute atomic E-state index is 0.0681. The van der Waals surface area contributed by atoms with Gasteiger partial charge in [-0.1, -0.05) is 24.3 Å². The van der Waals surface area contributed by atoms with Gasteiger partial charge < -0.3 is 4.90 Å². The van der Waals surface area contributed by atoms with Crippen molar-refractivity contribution in [1.29, 1.82) is 5.26 Å². The van der Waals surface area contributed by atoms with Gasteiger partial charge in [0, 0.05) is 25.4 Å². The van der Waals surface area contributed by atoms with E-state index in [0.29, 0.717) is 18.8 Å². The van der Waals surface area contributed by atoms with Crippen LogP contribution < -0.4 is 4.90 Å². The summed E-state index contributed by atoms with van der Waals surface area (Å²) < 4.78 is 0. The van der Waals surface area contributed by atoms with Gasteiger partial charge in [-0.2, -0.15) is 5.26 Å². The van der Waals surface area contributed by atoms with Crippen molar-refractivity contribution in [1.82, 2.24) is 9.88 Å². The molecule has 0 spiro atoms. The van der Waals surface area contributed by atoms with E-state index in [0.717, 1.165) is 16.8 Å². The highest BCUT2D eigenvalue weighted by Crippen LogP contribution is 2.29. The lowest BCUT2D eigenvalue weighted by atomic mass is 10.1. The standard InChI is InChI=1S/C16H14N4O/c1-19-10-13-5-2-3-7-15(13)20(16(19)21)11-12-6-4-8-18-14(12)9-17/h2-8H,10-11H2,1H3. The predicted octanol–water partition coefficient (Wildman–Crippen LogP) is 2.53. The van der Waals surface area contributed by atoms with E-state index in [1.807, 2.05) is 30.3 Å². The highest BCUT2D eigenvalue weighted by molar-refractivity contribution is 5.94. The first-order valence-corrected chi connectivity index (χ1v) is 6.65. The van der Waals surface area contributed by atoms with Crippen LogP contribution in [0.2, 0.25) is 0 Å². The molecule has 0 saturated heterocycles. The first-order valence-electron chi connectivity index (χ1n) is 6.65. The molecule has 21 heavy (non-hydrogen) atoms. The summed E-state index contributed by atoms with van der Waals surface area (Å²) in [6.45, 7) is 0.945. The minimum atomic E-state index is -0.0681. The molecule has 2 aromatic rings. The number of nitrogens with zero attached hydrogens (tertiary/aromatic N) is 4. The third kappa shape index (κ3) is 2.32. The maximum Gasteiger partial charge on any atom is 0.324 e. The smallest absolute Gasteiger partial charge is 0.323 e. The number of amides is 2. The fourth-order valence-corrected chi connectivity index (χ4v) is 2.53. The number of carbonyl (C=O) groups is 1. The minimum Gasteiger partial charge on any atom is -0.323 e. The Kier molecular flexibility index (Phi) is 3.28. The van der Waals surface area contributed by atoms with Crippen LogP contribution >= 0.6 is 0 Å². The van der Waals surface area contributed by atoms with Crippen molar-refractivity contribution in [3.8, 4) is 6.07 Å². The van der Waals surface area contributed by atoms with E-state index in [1.54, 1.807) is 29.1 Å². The van der Waals surface area contributed by atoms with Crippen LogP contribution in [0.15, 0.2) is 42.6 Å². The van der Waals surface area contributed by atoms with E-state index < -0.39 is 0 Å². The molecular formula is C16H14N4O. The number of pyridine rings is 1. The van der Waals surface area contributed by atoms with Crippen LogP contribution in [0.3, 0.4) is 0 Å². The maximum absolute atomic E-state index is 12.4. The van der Waals surface area contributed by atoms with Crippen molar-refractivity contribution in [3.63, 3.8) is 0 Å². The number of rotatable bonds is 2. The molecule has 1 aliphatic rings. The normalized spacial score (nSPS) is 13.8. The lowest BCUT2D eigenvalue weighted by molar-refractivity contribution is 0.210. The Hall–Kier alpha value is -2.87. The SMILES string of the molecule is CN1Cc2ccccc2N(Cc2cccnc2C#N)C1=O. The van der Waals surface area contributed by atoms with Gasteiger partial charge in [-0.3, -0.25) is 4.90 Å². The molecule has 1 aromatic carbocycles. The molecule has 0 unspecified atom stereocenters. The van der Waals surface area contributed by atoms with E-state index in [9.17, 15) is 4.79 Å². The summed E-state index contributed by atoms with van der Waals surface area (Å²) in [6, 6.07) is 13.4. The second-order valence-corrected chi connectivity index (χ2v) is 4.98. The zero-order chi connectivity index (χ0) is 14.8. The predicted molar refractivity (Wildman–Crippen MR) is 78.4 cm³/mol. The van der Waals surface area contributed by atoms with Gasteiger partial charge in [0.05, 0.1) is 12.2 Å². The Balaban J connectivity index is 2.01. The lowest BCUT2D eigenvalue weighted by Gasteiger charge is -2.35. The van der Waals surface area contributed by atoms with Crippen molar-refractivity contribution >= 4 is 11.7 Å². The number of fused-ring (bicyclic) bond motifs is 1. The third-order valence-electron chi connectivity index (χ3n) is 3.57. The average Bonchev–Trinajstić information content (AvgIpc) is 2.52. The van der Waals surface area contributed by atoms with Gasteiger partial charge >= 0.3 is 6.03 Å². The molecule has 2 amide bonds. The fraction of sp³-hybridized carbons (Fsp3) is 0.188. The number of hydrogen-bond donors (Lipinski definition) is 0. The molecule has 1 aliphatic heterocycles. The first-order chi connectivity index (χ1) is 10.2. The zero-order valence-corrected chi connectivity index (χ0v) is 11.7. The molecule has 0 radical (unpaired) electrons. The summed E-state index contributed by atoms with van der Waals surface area (Å²) >= 11 is 0. The molecule has 0 N–H and O–H groups in total. The van der Waals surface area contributed by atoms with Gasteiger partial charge in [-0.05, 0) is 17.7 Å². The topological polar surface area (TPSA) is 60.2 Å². The molecule has 1 aromatic heterocycles. The van der Waals surface area contributed by atoms with Gasteiger partial charge in [-0.25, -0.2) is 9.78 Å². The number of benzene rings is 1. The van der Waals surface area contributed by atoms with E-state index >= 15 is 0 Å². The highest BCUT2D eigenvalue weighted by Gasteiger charge is 2.28. The maximum atomic E-state index is 12.4. The molecular weight excluding hydrogens is 264 g/mol. The van der Waals surface area contributed by atoms with Crippen molar-refractivity contribution < 1.29 is 4.79 Å². The number of nitriles is 1. The number of aromatic nitrogens is 1. The van der Waals surface area contributed by atoms with Crippen LogP contribution in [0.5, 0.6) is 0 Å². The van der Waals surface area contributed by atoms with Crippen molar-refractivity contribution in [2.24, 2.45) is 0 Å². The van der Waals surface area contributed by atoms with Crippen LogP contribution in [0.25, 0.3) is 0 Å². The molecule has 5 nitrogen and oxygen atoms in total. The van der Waals surface area contributed by atoms with Gasteiger partial charge in [0.2, 0.25) is 0 Å². The summed E-state index contributed by atoms with van der Waals surface area (Å²) in [6.07, 6.45) is 1.58. The number of hydrogen-bond acceptors (Lipinski definition) is 3. The number of para-hydroxylation sites is 1. The second kappa shape index (κ2) is 5.25. The van der Waals surface area contributed by atoms with Crippen molar-refractivity contribution in [3.05, 3.63) is 59.4 Å². The summed E-state index contributed by atoms with van der Waals surface area (Å²) in [5, 5.41) is 9.13. The molecule has 0 saturated carbocycles. The summed E-state index contributed by atoms with van der Waals surface area (Å²) in [5.74, 6) is 0. The largest absolute Gasteiger partial charge is 0.324 e. The molecule has 0 atom stereocenters. The Labute approximate surface area is 123 Å². The first kappa shape index (κ1) is 13.1. The monoisotopic (exact) mass is 278 g/mol. The Morgan fingerprint density at radius 1 is 1.29 bits per heavy atom. The molecule has 0 bridgehead atoms. The van der Waals surface area contributed by atoms with Gasteiger partial charge in [0.15, 0.2) is 0 Å². The van der Waals surface area contributed by atoms with Gasteiger partial charge in [0.1, 0.15) is 11.8 Å². The number of urea groups is 1. The van der Waals surface area contributed by atoms with Crippen molar-refractivity contribution in [2.75, 3.05) is 11.9 Å². The second-order valence-electron chi connectivity index (χ2n) is 4.98. The van der Waals surface area contributed by atoms with E-state index in [1.165, 1.54) is 0 Å². The van der Waals surface area contributed by atoms with Crippen LogP contribution in [0, 0.1) is 11.3 Å². The van der Waals surface area contributed by atoms with Crippen molar-refractivity contribution in [2.45, 2.75) is 13.1 Å². The Morgan fingerprint density at radius 2 is 2.10 bits per heavy atom. The van der Waals surface area contributed by atoms with Gasteiger partial charge in [0.25, 0.3) is 0 Å². The summed E-state index contributed by atoms with van der Waals surface area (Å²) in [5.41, 5.74) is 3.10.